The molecular formula is C13H15NO4. The number of hydrogen-bond acceptors (Lipinski definition) is 4. The summed E-state index contributed by atoms with van der Waals surface area (Å²) in [7, 11) is 0. The van der Waals surface area contributed by atoms with Crippen LogP contribution in [-0.4, -0.2) is 22.8 Å². The molecule has 0 N–H and O–H groups in total. The molecule has 2 rings (SSSR count). The number of nitrogens with zero attached hydrogens (tertiary/aromatic N) is 1. The van der Waals surface area contributed by atoms with Crippen molar-refractivity contribution in [1.82, 2.24) is 5.06 Å². The number of allylic oxidation sites excluding steroid dienone is 4. The van der Waals surface area contributed by atoms with E-state index in [1.165, 1.54) is 0 Å². The standard InChI is InChI=1S/C13H15NO4/c1-2-10(9-5-3-4-6-9)13(17)18-14-11(15)7-8-12(14)16/h3-6,9-10H,2,7-8H2,1H3. The first-order chi connectivity index (χ1) is 8.63. The predicted octanol–water partition coefficient (Wildman–Crippen LogP) is 1.36. The SMILES string of the molecule is CCC(C(=O)ON1C(=O)CCC1=O)C1C=CC=C1. The molecular weight excluding hydrogens is 234 g/mol. The van der Waals surface area contributed by atoms with E-state index in [1.54, 1.807) is 0 Å². The Bertz CT molecular complexity index is 410. The van der Waals surface area contributed by atoms with Crippen molar-refractivity contribution in [3.63, 3.8) is 0 Å². The van der Waals surface area contributed by atoms with Crippen LogP contribution in [0.15, 0.2) is 24.3 Å². The molecule has 0 aromatic heterocycles. The van der Waals surface area contributed by atoms with Gasteiger partial charge >= 0.3 is 5.97 Å². The highest BCUT2D eigenvalue weighted by molar-refractivity contribution is 6.01. The summed E-state index contributed by atoms with van der Waals surface area (Å²) >= 11 is 0. The molecule has 1 fully saturated rings. The highest BCUT2D eigenvalue weighted by atomic mass is 16.7. The van der Waals surface area contributed by atoms with Gasteiger partial charge in [0.1, 0.15) is 0 Å². The molecule has 0 aromatic carbocycles. The zero-order valence-corrected chi connectivity index (χ0v) is 10.2. The summed E-state index contributed by atoms with van der Waals surface area (Å²) < 4.78 is 0. The molecule has 2 amide bonds. The van der Waals surface area contributed by atoms with Gasteiger partial charge in [0.05, 0.1) is 5.92 Å². The van der Waals surface area contributed by atoms with Crippen LogP contribution in [0.5, 0.6) is 0 Å². The molecule has 5 heteroatoms. The quantitative estimate of drug-likeness (QED) is 0.706. The highest BCUT2D eigenvalue weighted by Gasteiger charge is 2.35. The number of amides is 2. The van der Waals surface area contributed by atoms with Gasteiger partial charge in [0.2, 0.25) is 0 Å². The molecule has 2 aliphatic rings. The molecule has 0 aromatic rings. The smallest absolute Gasteiger partial charge is 0.330 e. The lowest BCUT2D eigenvalue weighted by Gasteiger charge is -2.20. The van der Waals surface area contributed by atoms with Crippen LogP contribution in [0.25, 0.3) is 0 Å². The summed E-state index contributed by atoms with van der Waals surface area (Å²) in [5.41, 5.74) is 0. The average molecular weight is 249 g/mol. The summed E-state index contributed by atoms with van der Waals surface area (Å²) in [5.74, 6) is -1.79. The van der Waals surface area contributed by atoms with Crippen molar-refractivity contribution < 1.29 is 19.2 Å². The monoisotopic (exact) mass is 249 g/mol. The molecule has 96 valence electrons. The van der Waals surface area contributed by atoms with Crippen molar-refractivity contribution in [1.29, 1.82) is 0 Å². The Balaban J connectivity index is 2.01. The van der Waals surface area contributed by atoms with Gasteiger partial charge in [-0.15, -0.1) is 5.06 Å². The van der Waals surface area contributed by atoms with Crippen molar-refractivity contribution in [2.45, 2.75) is 26.2 Å². The lowest BCUT2D eigenvalue weighted by atomic mass is 9.91. The van der Waals surface area contributed by atoms with Crippen LogP contribution in [0.1, 0.15) is 26.2 Å². The van der Waals surface area contributed by atoms with Gasteiger partial charge < -0.3 is 4.84 Å². The van der Waals surface area contributed by atoms with Gasteiger partial charge in [0.25, 0.3) is 11.8 Å². The Morgan fingerprint density at radius 3 is 2.39 bits per heavy atom. The zero-order valence-electron chi connectivity index (χ0n) is 10.2. The normalized spacial score (nSPS) is 20.8. The van der Waals surface area contributed by atoms with Crippen molar-refractivity contribution in [2.24, 2.45) is 11.8 Å². The van der Waals surface area contributed by atoms with E-state index in [2.05, 4.69) is 0 Å². The predicted molar refractivity (Wildman–Crippen MR) is 62.7 cm³/mol. The molecule has 1 atom stereocenters. The maximum Gasteiger partial charge on any atom is 0.337 e. The Morgan fingerprint density at radius 1 is 1.33 bits per heavy atom. The lowest BCUT2D eigenvalue weighted by molar-refractivity contribution is -0.201. The largest absolute Gasteiger partial charge is 0.337 e. The summed E-state index contributed by atoms with van der Waals surface area (Å²) in [4.78, 5) is 39.6. The zero-order chi connectivity index (χ0) is 13.1. The van der Waals surface area contributed by atoms with Gasteiger partial charge in [-0.2, -0.15) is 0 Å². The fourth-order valence-corrected chi connectivity index (χ4v) is 2.13. The molecule has 0 spiro atoms. The van der Waals surface area contributed by atoms with E-state index in [4.69, 9.17) is 4.84 Å². The minimum Gasteiger partial charge on any atom is -0.330 e. The van der Waals surface area contributed by atoms with Crippen LogP contribution >= 0.6 is 0 Å². The second-order valence-corrected chi connectivity index (χ2v) is 4.35. The van der Waals surface area contributed by atoms with Gasteiger partial charge in [-0.25, -0.2) is 4.79 Å². The third kappa shape index (κ3) is 2.34. The molecule has 1 heterocycles. The van der Waals surface area contributed by atoms with E-state index in [0.29, 0.717) is 11.5 Å². The average Bonchev–Trinajstić information content (AvgIpc) is 2.96. The lowest BCUT2D eigenvalue weighted by Crippen LogP contribution is -2.35. The van der Waals surface area contributed by atoms with E-state index < -0.39 is 17.8 Å². The van der Waals surface area contributed by atoms with Crippen LogP contribution in [0, 0.1) is 11.8 Å². The minimum absolute atomic E-state index is 0.0182. The second kappa shape index (κ2) is 5.16. The first-order valence-corrected chi connectivity index (χ1v) is 6.06. The Morgan fingerprint density at radius 2 is 1.89 bits per heavy atom. The molecule has 1 unspecified atom stereocenters. The second-order valence-electron chi connectivity index (χ2n) is 4.35. The summed E-state index contributed by atoms with van der Waals surface area (Å²) in [6.07, 6.45) is 8.37. The molecule has 1 aliphatic carbocycles. The van der Waals surface area contributed by atoms with Crippen molar-refractivity contribution in [2.75, 3.05) is 0 Å². The third-order valence-electron chi connectivity index (χ3n) is 3.17. The molecule has 0 radical (unpaired) electrons. The number of rotatable bonds is 4. The van der Waals surface area contributed by atoms with Crippen molar-refractivity contribution in [3.05, 3.63) is 24.3 Å². The van der Waals surface area contributed by atoms with Gasteiger partial charge in [-0.3, -0.25) is 9.59 Å². The van der Waals surface area contributed by atoms with E-state index in [-0.39, 0.29) is 24.7 Å². The molecule has 18 heavy (non-hydrogen) atoms. The van der Waals surface area contributed by atoms with Gasteiger partial charge in [-0.1, -0.05) is 31.2 Å². The number of carbonyl (C=O) groups excluding carboxylic acids is 3. The fourth-order valence-electron chi connectivity index (χ4n) is 2.13. The van der Waals surface area contributed by atoms with E-state index in [0.717, 1.165) is 0 Å². The maximum atomic E-state index is 12.0. The molecule has 1 saturated heterocycles. The Hall–Kier alpha value is -1.91. The van der Waals surface area contributed by atoms with E-state index in [9.17, 15) is 14.4 Å². The van der Waals surface area contributed by atoms with E-state index in [1.807, 2.05) is 31.2 Å². The molecule has 0 saturated carbocycles. The Kier molecular flexibility index (Phi) is 3.60. The van der Waals surface area contributed by atoms with Crippen molar-refractivity contribution >= 4 is 17.8 Å². The summed E-state index contributed by atoms with van der Waals surface area (Å²) in [6.45, 7) is 1.87. The van der Waals surface area contributed by atoms with Crippen molar-refractivity contribution in [3.8, 4) is 0 Å². The summed E-state index contributed by atoms with van der Waals surface area (Å²) in [5, 5.41) is 0.605. The van der Waals surface area contributed by atoms with Crippen LogP contribution in [0.2, 0.25) is 0 Å². The van der Waals surface area contributed by atoms with Crippen LogP contribution in [-0.2, 0) is 19.2 Å². The van der Waals surface area contributed by atoms with Crippen LogP contribution in [0.3, 0.4) is 0 Å². The maximum absolute atomic E-state index is 12.0. The number of hydrogen-bond donors (Lipinski definition) is 0. The number of imide groups is 1. The van der Waals surface area contributed by atoms with Gasteiger partial charge in [-0.05, 0) is 6.42 Å². The number of hydroxylamine groups is 2. The van der Waals surface area contributed by atoms with Gasteiger partial charge in [0.15, 0.2) is 0 Å². The third-order valence-corrected chi connectivity index (χ3v) is 3.17. The molecule has 5 nitrogen and oxygen atoms in total. The summed E-state index contributed by atoms with van der Waals surface area (Å²) in [6, 6.07) is 0. The first-order valence-electron chi connectivity index (χ1n) is 6.06. The van der Waals surface area contributed by atoms with E-state index >= 15 is 0 Å². The van der Waals surface area contributed by atoms with Crippen LogP contribution < -0.4 is 0 Å². The Labute approximate surface area is 105 Å². The van der Waals surface area contributed by atoms with Gasteiger partial charge in [0, 0.05) is 18.8 Å². The first kappa shape index (κ1) is 12.5. The number of carbonyl (C=O) groups is 3. The minimum atomic E-state index is -0.526. The highest BCUT2D eigenvalue weighted by Crippen LogP contribution is 2.25. The molecule has 0 bridgehead atoms. The molecule has 1 aliphatic heterocycles. The topological polar surface area (TPSA) is 63.7 Å². The fraction of sp³-hybridized carbons (Fsp3) is 0.462. The van der Waals surface area contributed by atoms with Crippen LogP contribution in [0.4, 0.5) is 0 Å².